The third kappa shape index (κ3) is 13.6. The highest BCUT2D eigenvalue weighted by atomic mass is 16.2. The lowest BCUT2D eigenvalue weighted by atomic mass is 10.0. The van der Waals surface area contributed by atoms with E-state index in [9.17, 15) is 9.59 Å². The van der Waals surface area contributed by atoms with Crippen molar-refractivity contribution < 1.29 is 9.59 Å². The number of carbonyl (C=O) groups is 2. The molecule has 1 aromatic carbocycles. The Hall–Kier alpha value is -2.04. The van der Waals surface area contributed by atoms with Gasteiger partial charge in [-0.3, -0.25) is 9.59 Å². The molecule has 1 heterocycles. The summed E-state index contributed by atoms with van der Waals surface area (Å²) >= 11 is 0. The molecule has 0 aromatic heterocycles. The van der Waals surface area contributed by atoms with Crippen molar-refractivity contribution in [3.63, 3.8) is 0 Å². The number of benzene rings is 1. The van der Waals surface area contributed by atoms with Crippen LogP contribution in [0.5, 0.6) is 0 Å². The van der Waals surface area contributed by atoms with Crippen molar-refractivity contribution in [3.8, 4) is 0 Å². The van der Waals surface area contributed by atoms with Crippen LogP contribution in [0.15, 0.2) is 24.3 Å². The summed E-state index contributed by atoms with van der Waals surface area (Å²) in [5, 5.41) is 6.16. The van der Waals surface area contributed by atoms with Crippen molar-refractivity contribution in [2.45, 2.75) is 116 Å². The molecular weight excluding hydrogens is 434 g/mol. The molecule has 0 unspecified atom stereocenters. The van der Waals surface area contributed by atoms with Gasteiger partial charge in [0.25, 0.3) is 5.91 Å². The number of hydrogen-bond donors (Lipinski definition) is 2. The average molecular weight is 486 g/mol. The number of amides is 2. The second-order valence-electron chi connectivity index (χ2n) is 10.2. The fourth-order valence-electron chi connectivity index (χ4n) is 4.80. The van der Waals surface area contributed by atoms with Crippen LogP contribution in [-0.4, -0.2) is 42.9 Å². The molecule has 1 aliphatic heterocycles. The molecular formula is C30H51N3O2. The molecule has 1 aromatic rings. The summed E-state index contributed by atoms with van der Waals surface area (Å²) < 4.78 is 0. The van der Waals surface area contributed by atoms with E-state index in [0.29, 0.717) is 0 Å². The molecule has 2 amide bonds. The predicted octanol–water partition coefficient (Wildman–Crippen LogP) is 7.32. The second kappa shape index (κ2) is 19.2. The molecule has 198 valence electrons. The largest absolute Gasteiger partial charge is 0.376 e. The van der Waals surface area contributed by atoms with Gasteiger partial charge in [0.15, 0.2) is 0 Å². The van der Waals surface area contributed by atoms with Gasteiger partial charge in [-0.25, -0.2) is 0 Å². The zero-order valence-corrected chi connectivity index (χ0v) is 22.4. The van der Waals surface area contributed by atoms with Gasteiger partial charge in [-0.1, -0.05) is 90.4 Å². The van der Waals surface area contributed by atoms with Gasteiger partial charge in [0.05, 0.1) is 6.54 Å². The average Bonchev–Trinajstić information content (AvgIpc) is 2.90. The Labute approximate surface area is 214 Å². The molecule has 0 spiro atoms. The summed E-state index contributed by atoms with van der Waals surface area (Å²) in [6, 6.07) is 7.48. The third-order valence-electron chi connectivity index (χ3n) is 7.08. The van der Waals surface area contributed by atoms with Crippen LogP contribution in [0.4, 0.5) is 5.69 Å². The monoisotopic (exact) mass is 485 g/mol. The summed E-state index contributed by atoms with van der Waals surface area (Å²) in [5.41, 5.74) is 1.59. The zero-order valence-electron chi connectivity index (χ0n) is 22.4. The smallest absolute Gasteiger partial charge is 0.253 e. The second-order valence-corrected chi connectivity index (χ2v) is 10.2. The van der Waals surface area contributed by atoms with E-state index < -0.39 is 0 Å². The van der Waals surface area contributed by atoms with Gasteiger partial charge in [-0.2, -0.15) is 0 Å². The SMILES string of the molecule is CCCCCCCCCCCCCCCCNC(=O)CNc1ccc(C(=O)N2CCCCC2)cc1. The highest BCUT2D eigenvalue weighted by Gasteiger charge is 2.17. The van der Waals surface area contributed by atoms with Crippen LogP contribution in [0.25, 0.3) is 0 Å². The van der Waals surface area contributed by atoms with Gasteiger partial charge in [0, 0.05) is 30.9 Å². The summed E-state index contributed by atoms with van der Waals surface area (Å²) in [6.45, 7) is 5.01. The maximum atomic E-state index is 12.5. The summed E-state index contributed by atoms with van der Waals surface area (Å²) in [5.74, 6) is 0.135. The summed E-state index contributed by atoms with van der Waals surface area (Å²) in [4.78, 5) is 26.6. The van der Waals surface area contributed by atoms with Crippen LogP contribution in [0, 0.1) is 0 Å². The number of likely N-dealkylation sites (tertiary alicyclic amines) is 1. The number of piperidine rings is 1. The Kier molecular flexibility index (Phi) is 16.0. The fourth-order valence-corrected chi connectivity index (χ4v) is 4.80. The Balaban J connectivity index is 1.40. The van der Waals surface area contributed by atoms with E-state index in [1.807, 2.05) is 29.2 Å². The van der Waals surface area contributed by atoms with E-state index in [0.717, 1.165) is 50.1 Å². The molecule has 2 N–H and O–H groups in total. The van der Waals surface area contributed by atoms with Gasteiger partial charge >= 0.3 is 0 Å². The third-order valence-corrected chi connectivity index (χ3v) is 7.08. The topological polar surface area (TPSA) is 61.4 Å². The van der Waals surface area contributed by atoms with E-state index in [1.165, 1.54) is 89.9 Å². The van der Waals surface area contributed by atoms with Gasteiger partial charge in [0.2, 0.25) is 5.91 Å². The Bertz CT molecular complexity index is 683. The number of rotatable bonds is 19. The molecule has 2 rings (SSSR count). The summed E-state index contributed by atoms with van der Waals surface area (Å²) in [7, 11) is 0. The molecule has 0 saturated carbocycles. The molecule has 1 saturated heterocycles. The van der Waals surface area contributed by atoms with Gasteiger partial charge in [-0.05, 0) is 49.9 Å². The molecule has 0 bridgehead atoms. The number of anilines is 1. The normalized spacial score (nSPS) is 13.6. The standard InChI is InChI=1S/C30H51N3O2/c1-2-3-4-5-6-7-8-9-10-11-12-13-14-16-23-31-29(34)26-32-28-21-19-27(20-22-28)30(35)33-24-17-15-18-25-33/h19-22,32H,2-18,23-26H2,1H3,(H,31,34). The minimum atomic E-state index is 0.0214. The maximum Gasteiger partial charge on any atom is 0.253 e. The highest BCUT2D eigenvalue weighted by Crippen LogP contribution is 2.16. The van der Waals surface area contributed by atoms with Crippen molar-refractivity contribution in [2.24, 2.45) is 0 Å². The minimum absolute atomic E-state index is 0.0214. The first-order valence-electron chi connectivity index (χ1n) is 14.6. The van der Waals surface area contributed by atoms with Crippen LogP contribution >= 0.6 is 0 Å². The molecule has 1 aliphatic rings. The molecule has 5 heteroatoms. The van der Waals surface area contributed by atoms with Crippen molar-refractivity contribution >= 4 is 17.5 Å². The first kappa shape index (κ1) is 29.2. The van der Waals surface area contributed by atoms with E-state index >= 15 is 0 Å². The predicted molar refractivity (Wildman–Crippen MR) is 148 cm³/mol. The molecule has 1 fully saturated rings. The number of unbranched alkanes of at least 4 members (excludes halogenated alkanes) is 13. The Morgan fingerprint density at radius 1 is 0.714 bits per heavy atom. The van der Waals surface area contributed by atoms with Crippen molar-refractivity contribution in [1.82, 2.24) is 10.2 Å². The number of nitrogens with zero attached hydrogens (tertiary/aromatic N) is 1. The van der Waals surface area contributed by atoms with E-state index in [4.69, 9.17) is 0 Å². The summed E-state index contributed by atoms with van der Waals surface area (Å²) in [6.07, 6.45) is 22.2. The zero-order chi connectivity index (χ0) is 25.0. The van der Waals surface area contributed by atoms with Gasteiger partial charge < -0.3 is 15.5 Å². The molecule has 0 atom stereocenters. The van der Waals surface area contributed by atoms with Crippen molar-refractivity contribution in [3.05, 3.63) is 29.8 Å². The van der Waals surface area contributed by atoms with Crippen LogP contribution < -0.4 is 10.6 Å². The highest BCUT2D eigenvalue weighted by molar-refractivity contribution is 5.94. The maximum absolute atomic E-state index is 12.5. The lowest BCUT2D eigenvalue weighted by Gasteiger charge is -2.26. The minimum Gasteiger partial charge on any atom is -0.376 e. The molecule has 0 radical (unpaired) electrons. The van der Waals surface area contributed by atoms with Crippen LogP contribution in [0.3, 0.4) is 0 Å². The Morgan fingerprint density at radius 3 is 1.77 bits per heavy atom. The number of hydrogen-bond acceptors (Lipinski definition) is 3. The fraction of sp³-hybridized carbons (Fsp3) is 0.733. The van der Waals surface area contributed by atoms with Crippen LogP contribution in [0.1, 0.15) is 126 Å². The van der Waals surface area contributed by atoms with Gasteiger partial charge in [-0.15, -0.1) is 0 Å². The van der Waals surface area contributed by atoms with E-state index in [2.05, 4.69) is 17.6 Å². The quantitative estimate of drug-likeness (QED) is 0.202. The molecule has 5 nitrogen and oxygen atoms in total. The first-order chi connectivity index (χ1) is 17.2. The van der Waals surface area contributed by atoms with E-state index in [-0.39, 0.29) is 18.4 Å². The lowest BCUT2D eigenvalue weighted by Crippen LogP contribution is -2.35. The van der Waals surface area contributed by atoms with Crippen LogP contribution in [0.2, 0.25) is 0 Å². The van der Waals surface area contributed by atoms with Gasteiger partial charge in [0.1, 0.15) is 0 Å². The Morgan fingerprint density at radius 2 is 1.23 bits per heavy atom. The van der Waals surface area contributed by atoms with Crippen molar-refractivity contribution in [1.29, 1.82) is 0 Å². The molecule has 0 aliphatic carbocycles. The number of nitrogens with one attached hydrogen (secondary N) is 2. The molecule has 35 heavy (non-hydrogen) atoms. The van der Waals surface area contributed by atoms with Crippen LogP contribution in [-0.2, 0) is 4.79 Å². The van der Waals surface area contributed by atoms with E-state index in [1.54, 1.807) is 0 Å². The lowest BCUT2D eigenvalue weighted by molar-refractivity contribution is -0.119. The van der Waals surface area contributed by atoms with Crippen molar-refractivity contribution in [2.75, 3.05) is 31.5 Å². The first-order valence-corrected chi connectivity index (χ1v) is 14.6. The number of carbonyl (C=O) groups excluding carboxylic acids is 2.